The number of carbonyl (C=O) groups excluding carboxylic acids is 1. The number of aromatic nitrogens is 2. The molecular formula is C24H21N3O4S. The van der Waals surface area contributed by atoms with Gasteiger partial charge >= 0.3 is 0 Å². The number of H-pyrrole nitrogens is 1. The second-order valence-corrected chi connectivity index (χ2v) is 8.08. The number of fused-ring (bicyclic) bond motifs is 1. The van der Waals surface area contributed by atoms with Crippen molar-refractivity contribution in [3.63, 3.8) is 0 Å². The third-order valence-electron chi connectivity index (χ3n) is 5.05. The summed E-state index contributed by atoms with van der Waals surface area (Å²) in [5, 5.41) is 3.08. The molecule has 2 N–H and O–H groups in total. The van der Waals surface area contributed by atoms with Crippen molar-refractivity contribution in [2.24, 2.45) is 0 Å². The van der Waals surface area contributed by atoms with E-state index in [9.17, 15) is 9.59 Å². The van der Waals surface area contributed by atoms with E-state index in [2.05, 4.69) is 21.2 Å². The fourth-order valence-electron chi connectivity index (χ4n) is 3.57. The molecule has 0 spiro atoms. The van der Waals surface area contributed by atoms with E-state index >= 15 is 0 Å². The maximum absolute atomic E-state index is 12.9. The van der Waals surface area contributed by atoms with Crippen molar-refractivity contribution in [3.05, 3.63) is 75.6 Å². The Bertz CT molecular complexity index is 1230. The molecule has 1 atom stereocenters. The fraction of sp³-hybridized carbons (Fsp3) is 0.208. The number of anilines is 1. The second kappa shape index (κ2) is 9.62. The first-order chi connectivity index (χ1) is 15.6. The minimum Gasteiger partial charge on any atom is -0.493 e. The van der Waals surface area contributed by atoms with Crippen LogP contribution < -0.4 is 20.3 Å². The number of carbonyl (C=O) groups is 1. The number of rotatable bonds is 7. The Kier molecular flexibility index (Phi) is 6.47. The molecule has 1 aliphatic heterocycles. The maximum atomic E-state index is 12.9. The molecule has 0 unspecified atom stereocenters. The number of hydrogen-bond acceptors (Lipinski definition) is 6. The summed E-state index contributed by atoms with van der Waals surface area (Å²) >= 11 is 1.23. The van der Waals surface area contributed by atoms with Gasteiger partial charge in [-0.2, -0.15) is 0 Å². The van der Waals surface area contributed by atoms with Crippen molar-refractivity contribution < 1.29 is 14.3 Å². The number of hydrogen-bond donors (Lipinski definition) is 2. The Morgan fingerprint density at radius 3 is 2.75 bits per heavy atom. The van der Waals surface area contributed by atoms with Gasteiger partial charge in [0, 0.05) is 12.3 Å². The van der Waals surface area contributed by atoms with Crippen LogP contribution in [-0.2, 0) is 11.4 Å². The Labute approximate surface area is 189 Å². The zero-order valence-corrected chi connectivity index (χ0v) is 18.2. The van der Waals surface area contributed by atoms with Crippen molar-refractivity contribution in [2.45, 2.75) is 24.1 Å². The standard InChI is InChI=1S/C24H21N3O4S/c1-3-11-32-24-26-22-21(23(29)27-24)17(13-20(28)25-22)16-9-10-18(19(12-16)30-2)31-14-15-7-5-4-6-8-15/h1,4-10,12,17H,11,13-14H2,2H3,(H2,25,26,27,28,29)/t17-/m1/s1. The molecule has 3 aromatic rings. The van der Waals surface area contributed by atoms with Crippen molar-refractivity contribution in [3.8, 4) is 23.8 Å². The minimum absolute atomic E-state index is 0.127. The Morgan fingerprint density at radius 1 is 1.19 bits per heavy atom. The lowest BCUT2D eigenvalue weighted by Crippen LogP contribution is -2.31. The van der Waals surface area contributed by atoms with Gasteiger partial charge in [-0.3, -0.25) is 9.59 Å². The zero-order chi connectivity index (χ0) is 22.5. The highest BCUT2D eigenvalue weighted by atomic mass is 32.2. The number of methoxy groups -OCH3 is 1. The van der Waals surface area contributed by atoms with Crippen molar-refractivity contribution in [1.29, 1.82) is 0 Å². The van der Waals surface area contributed by atoms with Gasteiger partial charge in [-0.25, -0.2) is 4.98 Å². The molecule has 0 aliphatic carbocycles. The van der Waals surface area contributed by atoms with E-state index in [0.717, 1.165) is 11.1 Å². The molecule has 32 heavy (non-hydrogen) atoms. The third-order valence-corrected chi connectivity index (χ3v) is 5.83. The SMILES string of the molecule is C#CCSc1nc2c(c(=O)[nH]1)[C@@H](c1ccc(OCc3ccccc3)c(OC)c1)CC(=O)N2. The lowest BCUT2D eigenvalue weighted by atomic mass is 9.86. The Hall–Kier alpha value is -3.70. The van der Waals surface area contributed by atoms with Crippen LogP contribution in [0.4, 0.5) is 5.82 Å². The van der Waals surface area contributed by atoms with Gasteiger partial charge in [-0.1, -0.05) is 54.1 Å². The summed E-state index contributed by atoms with van der Waals surface area (Å²) in [6.07, 6.45) is 5.41. The predicted octanol–water partition coefficient (Wildman–Crippen LogP) is 3.56. The van der Waals surface area contributed by atoms with Crippen molar-refractivity contribution in [1.82, 2.24) is 9.97 Å². The van der Waals surface area contributed by atoms with Crippen LogP contribution in [0.15, 0.2) is 58.5 Å². The van der Waals surface area contributed by atoms with Crippen molar-refractivity contribution >= 4 is 23.5 Å². The maximum Gasteiger partial charge on any atom is 0.257 e. The third kappa shape index (κ3) is 4.63. The molecule has 1 aromatic heterocycles. The number of ether oxygens (including phenoxy) is 2. The highest BCUT2D eigenvalue weighted by Gasteiger charge is 2.31. The summed E-state index contributed by atoms with van der Waals surface area (Å²) in [6.45, 7) is 0.396. The Balaban J connectivity index is 1.64. The summed E-state index contributed by atoms with van der Waals surface area (Å²) in [7, 11) is 1.55. The number of thioether (sulfide) groups is 1. The van der Waals surface area contributed by atoms with Crippen LogP contribution in [0, 0.1) is 12.3 Å². The number of amides is 1. The van der Waals surface area contributed by atoms with Gasteiger partial charge in [0.25, 0.3) is 5.56 Å². The number of nitrogens with zero attached hydrogens (tertiary/aromatic N) is 1. The largest absolute Gasteiger partial charge is 0.493 e. The molecule has 0 saturated heterocycles. The normalized spacial score (nSPS) is 14.8. The average molecular weight is 448 g/mol. The molecule has 4 rings (SSSR count). The molecule has 162 valence electrons. The molecule has 2 aromatic carbocycles. The van der Waals surface area contributed by atoms with E-state index < -0.39 is 5.92 Å². The van der Waals surface area contributed by atoms with Gasteiger partial charge in [0.2, 0.25) is 5.91 Å². The van der Waals surface area contributed by atoms with E-state index in [4.69, 9.17) is 15.9 Å². The quantitative estimate of drug-likeness (QED) is 0.327. The van der Waals surface area contributed by atoms with Gasteiger partial charge in [0.05, 0.1) is 18.4 Å². The Morgan fingerprint density at radius 2 is 2.00 bits per heavy atom. The van der Waals surface area contributed by atoms with E-state index in [-0.39, 0.29) is 23.7 Å². The van der Waals surface area contributed by atoms with E-state index in [1.54, 1.807) is 19.2 Å². The molecule has 0 fully saturated rings. The summed E-state index contributed by atoms with van der Waals surface area (Å²) in [6, 6.07) is 15.2. The molecule has 7 nitrogen and oxygen atoms in total. The predicted molar refractivity (Wildman–Crippen MR) is 123 cm³/mol. The van der Waals surface area contributed by atoms with Gasteiger partial charge in [-0.05, 0) is 23.3 Å². The number of nitrogens with one attached hydrogen (secondary N) is 2. The second-order valence-electron chi connectivity index (χ2n) is 7.12. The summed E-state index contributed by atoms with van der Waals surface area (Å²) in [5.74, 6) is 3.54. The van der Waals surface area contributed by atoms with E-state index in [1.165, 1.54) is 11.8 Å². The number of terminal acetylenes is 1. The number of aromatic amines is 1. The van der Waals surface area contributed by atoms with Gasteiger partial charge in [0.15, 0.2) is 16.7 Å². The summed E-state index contributed by atoms with van der Waals surface area (Å²) in [5.41, 5.74) is 1.91. The van der Waals surface area contributed by atoms with Crippen molar-refractivity contribution in [2.75, 3.05) is 18.2 Å². The highest BCUT2D eigenvalue weighted by Crippen LogP contribution is 2.38. The first kappa shape index (κ1) is 21.5. The monoisotopic (exact) mass is 447 g/mol. The molecule has 1 aliphatic rings. The van der Waals surface area contributed by atoms with Crippen LogP contribution in [0.2, 0.25) is 0 Å². The average Bonchev–Trinajstić information content (AvgIpc) is 2.81. The molecule has 2 heterocycles. The summed E-state index contributed by atoms with van der Waals surface area (Å²) in [4.78, 5) is 32.4. The lowest BCUT2D eigenvalue weighted by molar-refractivity contribution is -0.116. The fourth-order valence-corrected chi connectivity index (χ4v) is 4.11. The van der Waals surface area contributed by atoms with Gasteiger partial charge in [-0.15, -0.1) is 6.42 Å². The van der Waals surface area contributed by atoms with Crippen LogP contribution in [0.1, 0.15) is 29.0 Å². The smallest absolute Gasteiger partial charge is 0.257 e. The van der Waals surface area contributed by atoms with Gasteiger partial charge < -0.3 is 19.8 Å². The molecule has 0 saturated carbocycles. The first-order valence-corrected chi connectivity index (χ1v) is 10.9. The first-order valence-electron chi connectivity index (χ1n) is 9.94. The topological polar surface area (TPSA) is 93.3 Å². The molecule has 8 heteroatoms. The molecular weight excluding hydrogens is 426 g/mol. The van der Waals surface area contributed by atoms with Crippen LogP contribution >= 0.6 is 11.8 Å². The van der Waals surface area contributed by atoms with Crippen LogP contribution in [0.5, 0.6) is 11.5 Å². The molecule has 1 amide bonds. The van der Waals surface area contributed by atoms with Crippen LogP contribution in [-0.4, -0.2) is 28.7 Å². The molecule has 0 radical (unpaired) electrons. The summed E-state index contributed by atoms with van der Waals surface area (Å²) < 4.78 is 11.4. The van der Waals surface area contributed by atoms with E-state index in [1.807, 2.05) is 36.4 Å². The zero-order valence-electron chi connectivity index (χ0n) is 17.4. The van der Waals surface area contributed by atoms with Crippen LogP contribution in [0.3, 0.4) is 0 Å². The lowest BCUT2D eigenvalue weighted by Gasteiger charge is -2.25. The number of benzene rings is 2. The van der Waals surface area contributed by atoms with E-state index in [0.29, 0.717) is 34.6 Å². The highest BCUT2D eigenvalue weighted by molar-refractivity contribution is 7.99. The van der Waals surface area contributed by atoms with Gasteiger partial charge in [0.1, 0.15) is 12.4 Å². The molecule has 0 bridgehead atoms. The minimum atomic E-state index is -0.459. The van der Waals surface area contributed by atoms with Crippen LogP contribution in [0.25, 0.3) is 0 Å².